The predicted octanol–water partition coefficient (Wildman–Crippen LogP) is 2.82. The lowest BCUT2D eigenvalue weighted by molar-refractivity contribution is -0.385. The standard InChI is InChI=1S/C12H13F3N2O2/c13-12(14,15)11(6-7-11)16-8-5-9-3-1-2-4-10(9)17(18)19/h1-4,16H,5-8H2. The summed E-state index contributed by atoms with van der Waals surface area (Å²) in [6.07, 6.45) is -3.90. The summed E-state index contributed by atoms with van der Waals surface area (Å²) in [5, 5.41) is 13.2. The van der Waals surface area contributed by atoms with Crippen molar-refractivity contribution < 1.29 is 18.1 Å². The van der Waals surface area contributed by atoms with E-state index in [0.29, 0.717) is 5.56 Å². The molecule has 0 unspecified atom stereocenters. The third kappa shape index (κ3) is 2.86. The van der Waals surface area contributed by atoms with Crippen molar-refractivity contribution >= 4 is 5.69 Å². The molecule has 4 nitrogen and oxygen atoms in total. The number of rotatable bonds is 5. The topological polar surface area (TPSA) is 55.2 Å². The second kappa shape index (κ2) is 4.80. The Labute approximate surface area is 107 Å². The highest BCUT2D eigenvalue weighted by Crippen LogP contribution is 2.48. The Morgan fingerprint density at radius 3 is 2.47 bits per heavy atom. The third-order valence-electron chi connectivity index (χ3n) is 3.34. The van der Waals surface area contributed by atoms with E-state index in [-0.39, 0.29) is 31.5 Å². The summed E-state index contributed by atoms with van der Waals surface area (Å²) in [7, 11) is 0. The minimum atomic E-state index is -4.25. The van der Waals surface area contributed by atoms with Gasteiger partial charge >= 0.3 is 6.18 Å². The Morgan fingerprint density at radius 1 is 1.32 bits per heavy atom. The molecular weight excluding hydrogens is 261 g/mol. The molecule has 0 atom stereocenters. The van der Waals surface area contributed by atoms with Crippen LogP contribution in [0.15, 0.2) is 24.3 Å². The van der Waals surface area contributed by atoms with Crippen LogP contribution in [0.1, 0.15) is 18.4 Å². The number of nitro groups is 1. The molecule has 1 aromatic rings. The molecule has 1 saturated carbocycles. The number of halogens is 3. The fourth-order valence-corrected chi connectivity index (χ4v) is 2.02. The lowest BCUT2D eigenvalue weighted by Crippen LogP contribution is -2.45. The summed E-state index contributed by atoms with van der Waals surface area (Å²) in [6.45, 7) is 0.0738. The van der Waals surface area contributed by atoms with E-state index >= 15 is 0 Å². The van der Waals surface area contributed by atoms with Gasteiger partial charge in [-0.2, -0.15) is 13.2 Å². The number of para-hydroxylation sites is 1. The molecular formula is C12H13F3N2O2. The molecule has 1 fully saturated rings. The van der Waals surface area contributed by atoms with Crippen LogP contribution in [0.5, 0.6) is 0 Å². The van der Waals surface area contributed by atoms with Crippen molar-refractivity contribution in [2.24, 2.45) is 0 Å². The van der Waals surface area contributed by atoms with Gasteiger partial charge in [0.15, 0.2) is 0 Å². The maximum absolute atomic E-state index is 12.7. The average molecular weight is 274 g/mol. The Balaban J connectivity index is 1.96. The monoisotopic (exact) mass is 274 g/mol. The minimum Gasteiger partial charge on any atom is -0.303 e. The van der Waals surface area contributed by atoms with Gasteiger partial charge in [-0.1, -0.05) is 18.2 Å². The van der Waals surface area contributed by atoms with E-state index in [0.717, 1.165) is 0 Å². The molecule has 0 saturated heterocycles. The van der Waals surface area contributed by atoms with Crippen molar-refractivity contribution in [3.63, 3.8) is 0 Å². The Morgan fingerprint density at radius 2 is 1.95 bits per heavy atom. The van der Waals surface area contributed by atoms with Crippen LogP contribution in [-0.4, -0.2) is 23.2 Å². The van der Waals surface area contributed by atoms with Gasteiger partial charge in [0, 0.05) is 18.2 Å². The predicted molar refractivity (Wildman–Crippen MR) is 62.8 cm³/mol. The van der Waals surface area contributed by atoms with Gasteiger partial charge in [0.1, 0.15) is 5.54 Å². The summed E-state index contributed by atoms with van der Waals surface area (Å²) < 4.78 is 38.0. The number of alkyl halides is 3. The minimum absolute atomic E-state index is 0.0545. The Bertz CT molecular complexity index is 484. The molecule has 2 rings (SSSR count). The molecule has 0 radical (unpaired) electrons. The fourth-order valence-electron chi connectivity index (χ4n) is 2.02. The molecule has 0 aromatic heterocycles. The molecule has 1 aromatic carbocycles. The van der Waals surface area contributed by atoms with Crippen molar-refractivity contribution in [3.8, 4) is 0 Å². The summed E-state index contributed by atoms with van der Waals surface area (Å²) in [5.41, 5.74) is -1.38. The third-order valence-corrected chi connectivity index (χ3v) is 3.34. The van der Waals surface area contributed by atoms with E-state index in [9.17, 15) is 23.3 Å². The van der Waals surface area contributed by atoms with Crippen molar-refractivity contribution in [1.29, 1.82) is 0 Å². The Hall–Kier alpha value is -1.63. The lowest BCUT2D eigenvalue weighted by Gasteiger charge is -2.20. The highest BCUT2D eigenvalue weighted by atomic mass is 19.4. The first-order valence-electron chi connectivity index (χ1n) is 5.90. The van der Waals surface area contributed by atoms with Crippen molar-refractivity contribution in [2.45, 2.75) is 31.0 Å². The van der Waals surface area contributed by atoms with Gasteiger partial charge in [0.2, 0.25) is 0 Å². The quantitative estimate of drug-likeness (QED) is 0.663. The first kappa shape index (κ1) is 13.8. The van der Waals surface area contributed by atoms with E-state index in [1.807, 2.05) is 0 Å². The fraction of sp³-hybridized carbons (Fsp3) is 0.500. The second-order valence-electron chi connectivity index (χ2n) is 4.64. The summed E-state index contributed by atoms with van der Waals surface area (Å²) in [4.78, 5) is 10.2. The highest BCUT2D eigenvalue weighted by molar-refractivity contribution is 5.39. The molecule has 7 heteroatoms. The van der Waals surface area contributed by atoms with Gasteiger partial charge in [0.25, 0.3) is 5.69 Å². The van der Waals surface area contributed by atoms with Crippen LogP contribution in [0.2, 0.25) is 0 Å². The SMILES string of the molecule is O=[N+]([O-])c1ccccc1CCNC1(C(F)(F)F)CC1. The molecule has 0 amide bonds. The first-order valence-corrected chi connectivity index (χ1v) is 5.90. The maximum atomic E-state index is 12.7. The zero-order chi connectivity index (χ0) is 14.1. The molecule has 0 aliphatic heterocycles. The molecule has 0 heterocycles. The van der Waals surface area contributed by atoms with Gasteiger partial charge in [-0.25, -0.2) is 0 Å². The molecule has 0 spiro atoms. The van der Waals surface area contributed by atoms with Crippen LogP contribution in [0.3, 0.4) is 0 Å². The first-order chi connectivity index (χ1) is 8.86. The number of nitrogens with one attached hydrogen (secondary N) is 1. The zero-order valence-electron chi connectivity index (χ0n) is 10.0. The molecule has 19 heavy (non-hydrogen) atoms. The summed E-state index contributed by atoms with van der Waals surface area (Å²) >= 11 is 0. The smallest absolute Gasteiger partial charge is 0.303 e. The Kier molecular flexibility index (Phi) is 3.49. The van der Waals surface area contributed by atoms with Crippen LogP contribution in [0.25, 0.3) is 0 Å². The van der Waals surface area contributed by atoms with Crippen LogP contribution >= 0.6 is 0 Å². The average Bonchev–Trinajstić information content (AvgIpc) is 3.10. The molecule has 104 valence electrons. The van der Waals surface area contributed by atoms with Crippen LogP contribution < -0.4 is 5.32 Å². The van der Waals surface area contributed by atoms with Crippen LogP contribution in [0.4, 0.5) is 18.9 Å². The van der Waals surface area contributed by atoms with E-state index in [1.54, 1.807) is 12.1 Å². The number of nitro benzene ring substituents is 1. The normalized spacial score (nSPS) is 17.2. The molecule has 1 N–H and O–H groups in total. The van der Waals surface area contributed by atoms with Crippen LogP contribution in [0, 0.1) is 10.1 Å². The zero-order valence-corrected chi connectivity index (χ0v) is 10.0. The highest BCUT2D eigenvalue weighted by Gasteiger charge is 2.62. The van der Waals surface area contributed by atoms with E-state index in [4.69, 9.17) is 0 Å². The summed E-state index contributed by atoms with van der Waals surface area (Å²) in [5.74, 6) is 0. The van der Waals surface area contributed by atoms with Crippen molar-refractivity contribution in [1.82, 2.24) is 5.32 Å². The second-order valence-corrected chi connectivity index (χ2v) is 4.64. The van der Waals surface area contributed by atoms with E-state index in [1.165, 1.54) is 12.1 Å². The van der Waals surface area contributed by atoms with Gasteiger partial charge in [-0.15, -0.1) is 0 Å². The van der Waals surface area contributed by atoms with Gasteiger partial charge in [-0.3, -0.25) is 10.1 Å². The number of nitrogens with zero attached hydrogens (tertiary/aromatic N) is 1. The molecule has 1 aliphatic rings. The summed E-state index contributed by atoms with van der Waals surface area (Å²) in [6, 6.07) is 6.09. The van der Waals surface area contributed by atoms with Gasteiger partial charge < -0.3 is 5.32 Å². The van der Waals surface area contributed by atoms with Gasteiger partial charge in [0.05, 0.1) is 4.92 Å². The number of benzene rings is 1. The lowest BCUT2D eigenvalue weighted by atomic mass is 10.1. The largest absolute Gasteiger partial charge is 0.406 e. The van der Waals surface area contributed by atoms with Gasteiger partial charge in [-0.05, 0) is 19.3 Å². The number of hydrogen-bond donors (Lipinski definition) is 1. The van der Waals surface area contributed by atoms with Crippen LogP contribution in [-0.2, 0) is 6.42 Å². The number of hydrogen-bond acceptors (Lipinski definition) is 3. The maximum Gasteiger partial charge on any atom is 0.406 e. The molecule has 0 bridgehead atoms. The van der Waals surface area contributed by atoms with E-state index < -0.39 is 16.6 Å². The van der Waals surface area contributed by atoms with E-state index in [2.05, 4.69) is 5.32 Å². The van der Waals surface area contributed by atoms with Crippen molar-refractivity contribution in [3.05, 3.63) is 39.9 Å². The molecule has 1 aliphatic carbocycles. The van der Waals surface area contributed by atoms with Crippen molar-refractivity contribution in [2.75, 3.05) is 6.54 Å².